The Morgan fingerprint density at radius 2 is 2.12 bits per heavy atom. The van der Waals surface area contributed by atoms with Gasteiger partial charge in [-0.15, -0.1) is 0 Å². The Morgan fingerprint density at radius 3 is 2.82 bits per heavy atom. The third kappa shape index (κ3) is 2.06. The number of aryl methyl sites for hydroxylation is 1. The molecule has 1 saturated carbocycles. The van der Waals surface area contributed by atoms with Gasteiger partial charge in [0.1, 0.15) is 5.75 Å². The molecule has 17 heavy (non-hydrogen) atoms. The van der Waals surface area contributed by atoms with E-state index in [1.54, 1.807) is 7.11 Å². The van der Waals surface area contributed by atoms with E-state index < -0.39 is 0 Å². The first-order valence-electron chi connectivity index (χ1n) is 6.69. The first kappa shape index (κ1) is 11.1. The van der Waals surface area contributed by atoms with Crippen LogP contribution in [0.4, 0.5) is 0 Å². The van der Waals surface area contributed by atoms with Gasteiger partial charge >= 0.3 is 0 Å². The monoisotopic (exact) mass is 231 g/mol. The molecular weight excluding hydrogens is 210 g/mol. The number of rotatable bonds is 3. The van der Waals surface area contributed by atoms with Crippen LogP contribution in [0.1, 0.15) is 43.4 Å². The maximum absolute atomic E-state index is 5.32. The first-order chi connectivity index (χ1) is 8.26. The van der Waals surface area contributed by atoms with Crippen LogP contribution in [0.15, 0.2) is 18.2 Å². The third-order valence-corrected chi connectivity index (χ3v) is 4.24. The summed E-state index contributed by atoms with van der Waals surface area (Å²) in [6.07, 6.45) is 5.14. The zero-order valence-corrected chi connectivity index (χ0v) is 10.7. The summed E-state index contributed by atoms with van der Waals surface area (Å²) >= 11 is 0. The lowest BCUT2D eigenvalue weighted by atomic mass is 9.81. The fraction of sp³-hybridized carbons (Fsp3) is 0.600. The highest BCUT2D eigenvalue weighted by Crippen LogP contribution is 2.36. The number of ether oxygens (including phenoxy) is 1. The zero-order valence-electron chi connectivity index (χ0n) is 10.7. The Morgan fingerprint density at radius 1 is 1.29 bits per heavy atom. The van der Waals surface area contributed by atoms with Gasteiger partial charge in [0.15, 0.2) is 0 Å². The van der Waals surface area contributed by atoms with Gasteiger partial charge < -0.3 is 10.1 Å². The largest absolute Gasteiger partial charge is 0.497 e. The molecule has 1 aromatic carbocycles. The molecule has 2 nitrogen and oxygen atoms in total. The van der Waals surface area contributed by atoms with Gasteiger partial charge in [0.05, 0.1) is 7.11 Å². The van der Waals surface area contributed by atoms with Crippen LogP contribution in [0.3, 0.4) is 0 Å². The van der Waals surface area contributed by atoms with Crippen LogP contribution >= 0.6 is 0 Å². The molecule has 2 aliphatic rings. The van der Waals surface area contributed by atoms with E-state index in [4.69, 9.17) is 4.74 Å². The zero-order chi connectivity index (χ0) is 11.8. The van der Waals surface area contributed by atoms with Crippen molar-refractivity contribution in [1.82, 2.24) is 5.32 Å². The fourth-order valence-electron chi connectivity index (χ4n) is 3.20. The minimum Gasteiger partial charge on any atom is -0.497 e. The van der Waals surface area contributed by atoms with Crippen molar-refractivity contribution in [2.45, 2.75) is 44.7 Å². The van der Waals surface area contributed by atoms with Crippen molar-refractivity contribution < 1.29 is 4.74 Å². The number of nitrogens with one attached hydrogen (secondary N) is 1. The summed E-state index contributed by atoms with van der Waals surface area (Å²) in [7, 11) is 1.74. The van der Waals surface area contributed by atoms with Crippen LogP contribution < -0.4 is 10.1 Å². The quantitative estimate of drug-likeness (QED) is 0.863. The molecule has 2 aliphatic carbocycles. The van der Waals surface area contributed by atoms with Gasteiger partial charge in [-0.3, -0.25) is 0 Å². The second kappa shape index (κ2) is 4.34. The average molecular weight is 231 g/mol. The lowest BCUT2D eigenvalue weighted by molar-refractivity contribution is 0.222. The van der Waals surface area contributed by atoms with E-state index in [2.05, 4.69) is 30.4 Å². The molecule has 1 aromatic rings. The van der Waals surface area contributed by atoms with E-state index in [-0.39, 0.29) is 0 Å². The van der Waals surface area contributed by atoms with E-state index in [1.165, 1.54) is 36.8 Å². The Kier molecular flexibility index (Phi) is 2.83. The van der Waals surface area contributed by atoms with Gasteiger partial charge in [-0.1, -0.05) is 13.0 Å². The number of hydrogen-bond donors (Lipinski definition) is 1. The predicted molar refractivity (Wildman–Crippen MR) is 69.4 cm³/mol. The van der Waals surface area contributed by atoms with Crippen molar-refractivity contribution in [2.75, 3.05) is 7.11 Å². The summed E-state index contributed by atoms with van der Waals surface area (Å²) < 4.78 is 5.32. The van der Waals surface area contributed by atoms with Crippen LogP contribution in [-0.4, -0.2) is 13.2 Å². The summed E-state index contributed by atoms with van der Waals surface area (Å²) in [5, 5.41) is 3.80. The highest BCUT2D eigenvalue weighted by atomic mass is 16.5. The molecule has 0 radical (unpaired) electrons. The number of fused-ring (bicyclic) bond motifs is 1. The molecule has 3 rings (SSSR count). The number of methoxy groups -OCH3 is 1. The molecule has 0 heterocycles. The molecule has 0 spiro atoms. The van der Waals surface area contributed by atoms with Gasteiger partial charge in [0.2, 0.25) is 0 Å². The van der Waals surface area contributed by atoms with E-state index in [0.29, 0.717) is 6.04 Å². The Hall–Kier alpha value is -1.02. The topological polar surface area (TPSA) is 21.3 Å². The highest BCUT2D eigenvalue weighted by Gasteiger charge is 2.30. The molecule has 92 valence electrons. The lowest BCUT2D eigenvalue weighted by Crippen LogP contribution is -2.41. The SMILES string of the molecule is COc1ccc2c(c1)C(NC1CC(C)C1)CC2. The van der Waals surface area contributed by atoms with Gasteiger partial charge in [-0.25, -0.2) is 0 Å². The fourth-order valence-corrected chi connectivity index (χ4v) is 3.20. The molecule has 0 saturated heterocycles. The first-order valence-corrected chi connectivity index (χ1v) is 6.69. The van der Waals surface area contributed by atoms with Crippen LogP contribution in [-0.2, 0) is 6.42 Å². The standard InChI is InChI=1S/C15H21NO/c1-10-7-12(8-10)16-15-6-4-11-3-5-13(17-2)9-14(11)15/h3,5,9-10,12,15-16H,4,6-8H2,1-2H3. The smallest absolute Gasteiger partial charge is 0.119 e. The number of hydrogen-bond acceptors (Lipinski definition) is 2. The average Bonchev–Trinajstić information content (AvgIpc) is 2.70. The second-order valence-electron chi connectivity index (χ2n) is 5.60. The van der Waals surface area contributed by atoms with E-state index in [1.807, 2.05) is 0 Å². The van der Waals surface area contributed by atoms with Gasteiger partial charge in [-0.05, 0) is 54.9 Å². The van der Waals surface area contributed by atoms with Crippen molar-refractivity contribution >= 4 is 0 Å². The second-order valence-corrected chi connectivity index (χ2v) is 5.60. The minimum absolute atomic E-state index is 0.553. The van der Waals surface area contributed by atoms with Crippen molar-refractivity contribution in [1.29, 1.82) is 0 Å². The van der Waals surface area contributed by atoms with E-state index in [9.17, 15) is 0 Å². The van der Waals surface area contributed by atoms with E-state index >= 15 is 0 Å². The Labute approximate surface area is 103 Å². The Balaban J connectivity index is 1.73. The highest BCUT2D eigenvalue weighted by molar-refractivity contribution is 5.40. The molecule has 1 N–H and O–H groups in total. The van der Waals surface area contributed by atoms with Crippen LogP contribution in [0, 0.1) is 5.92 Å². The molecule has 2 heteroatoms. The van der Waals surface area contributed by atoms with Gasteiger partial charge in [0, 0.05) is 12.1 Å². The van der Waals surface area contributed by atoms with E-state index in [0.717, 1.165) is 17.7 Å². The van der Waals surface area contributed by atoms with Crippen molar-refractivity contribution in [3.8, 4) is 5.75 Å². The predicted octanol–water partition coefficient (Wildman–Crippen LogP) is 3.07. The van der Waals surface area contributed by atoms with Crippen LogP contribution in [0.2, 0.25) is 0 Å². The van der Waals surface area contributed by atoms with Crippen molar-refractivity contribution in [3.05, 3.63) is 29.3 Å². The summed E-state index contributed by atoms with van der Waals surface area (Å²) in [5.41, 5.74) is 2.96. The summed E-state index contributed by atoms with van der Waals surface area (Å²) in [6.45, 7) is 2.34. The maximum Gasteiger partial charge on any atom is 0.119 e. The minimum atomic E-state index is 0.553. The molecule has 1 unspecified atom stereocenters. The maximum atomic E-state index is 5.32. The molecule has 1 atom stereocenters. The molecule has 1 fully saturated rings. The Bertz CT molecular complexity index is 409. The molecule has 0 aromatic heterocycles. The van der Waals surface area contributed by atoms with Gasteiger partial charge in [0.25, 0.3) is 0 Å². The third-order valence-electron chi connectivity index (χ3n) is 4.24. The summed E-state index contributed by atoms with van der Waals surface area (Å²) in [5.74, 6) is 1.90. The molecule has 0 aliphatic heterocycles. The van der Waals surface area contributed by atoms with Gasteiger partial charge in [-0.2, -0.15) is 0 Å². The normalized spacial score (nSPS) is 30.8. The van der Waals surface area contributed by atoms with Crippen LogP contribution in [0.25, 0.3) is 0 Å². The summed E-state index contributed by atoms with van der Waals surface area (Å²) in [4.78, 5) is 0. The summed E-state index contributed by atoms with van der Waals surface area (Å²) in [6, 6.07) is 7.80. The van der Waals surface area contributed by atoms with Crippen molar-refractivity contribution in [2.24, 2.45) is 5.92 Å². The number of benzene rings is 1. The van der Waals surface area contributed by atoms with Crippen LogP contribution in [0.5, 0.6) is 5.75 Å². The van der Waals surface area contributed by atoms with Crippen molar-refractivity contribution in [3.63, 3.8) is 0 Å². The molecular formula is C15H21NO. The molecule has 0 bridgehead atoms. The lowest BCUT2D eigenvalue weighted by Gasteiger charge is -2.36. The molecule has 0 amide bonds.